The van der Waals surface area contributed by atoms with Crippen LogP contribution >= 0.6 is 11.6 Å². The van der Waals surface area contributed by atoms with Crippen LogP contribution in [0.25, 0.3) is 5.82 Å². The van der Waals surface area contributed by atoms with E-state index in [2.05, 4.69) is 19.9 Å². The molecule has 1 aliphatic heterocycles. The van der Waals surface area contributed by atoms with Crippen LogP contribution in [0.3, 0.4) is 0 Å². The largest absolute Gasteiger partial charge is 0.353 e. The van der Waals surface area contributed by atoms with E-state index in [1.165, 1.54) is 18.2 Å². The van der Waals surface area contributed by atoms with E-state index in [1.807, 2.05) is 23.8 Å². The van der Waals surface area contributed by atoms with Gasteiger partial charge in [-0.3, -0.25) is 9.36 Å². The summed E-state index contributed by atoms with van der Waals surface area (Å²) in [6, 6.07) is 6.15. The van der Waals surface area contributed by atoms with Crippen LogP contribution in [0.5, 0.6) is 0 Å². The number of rotatable bonds is 3. The summed E-state index contributed by atoms with van der Waals surface area (Å²) in [6.45, 7) is 3.90. The normalized spacial score (nSPS) is 14.4. The Kier molecular flexibility index (Phi) is 4.95. The van der Waals surface area contributed by atoms with Crippen LogP contribution in [0.4, 0.5) is 10.2 Å². The number of hydrogen-bond acceptors (Lipinski definition) is 5. The average molecular weight is 401 g/mol. The lowest BCUT2D eigenvalue weighted by Crippen LogP contribution is -2.49. The number of benzene rings is 1. The molecular weight excluding hydrogens is 383 g/mol. The minimum atomic E-state index is -0.601. The lowest BCUT2D eigenvalue weighted by molar-refractivity contribution is 0.0742. The molecule has 1 saturated heterocycles. The Balaban J connectivity index is 1.50. The molecular formula is C19H18ClFN6O. The third-order valence-electron chi connectivity index (χ3n) is 4.65. The minimum Gasteiger partial charge on any atom is -0.353 e. The smallest absolute Gasteiger partial charge is 0.258 e. The van der Waals surface area contributed by atoms with Gasteiger partial charge in [0.2, 0.25) is 0 Å². The Morgan fingerprint density at radius 1 is 1.14 bits per heavy atom. The molecule has 0 bridgehead atoms. The second kappa shape index (κ2) is 7.55. The number of piperazine rings is 1. The van der Waals surface area contributed by atoms with Gasteiger partial charge in [0.15, 0.2) is 0 Å². The lowest BCUT2D eigenvalue weighted by atomic mass is 10.1. The molecule has 7 nitrogen and oxygen atoms in total. The Morgan fingerprint density at radius 3 is 2.57 bits per heavy atom. The first kappa shape index (κ1) is 18.4. The fourth-order valence-corrected chi connectivity index (χ4v) is 3.47. The molecule has 0 radical (unpaired) electrons. The zero-order valence-electron chi connectivity index (χ0n) is 15.2. The molecule has 0 unspecified atom stereocenters. The maximum Gasteiger partial charge on any atom is 0.258 e. The topological polar surface area (TPSA) is 67.2 Å². The summed E-state index contributed by atoms with van der Waals surface area (Å²) in [5, 5.41) is 0.129. The lowest BCUT2D eigenvalue weighted by Gasteiger charge is -2.35. The van der Waals surface area contributed by atoms with Crippen LogP contribution in [-0.4, -0.2) is 56.5 Å². The first-order valence-electron chi connectivity index (χ1n) is 8.85. The van der Waals surface area contributed by atoms with Gasteiger partial charge in [0.25, 0.3) is 5.91 Å². The van der Waals surface area contributed by atoms with Crippen molar-refractivity contribution >= 4 is 23.3 Å². The summed E-state index contributed by atoms with van der Waals surface area (Å²) in [6.07, 6.45) is 5.19. The van der Waals surface area contributed by atoms with Gasteiger partial charge in [0, 0.05) is 44.6 Å². The maximum absolute atomic E-state index is 14.1. The quantitative estimate of drug-likeness (QED) is 0.676. The predicted octanol–water partition coefficient (Wildman–Crippen LogP) is 2.73. The summed E-state index contributed by atoms with van der Waals surface area (Å²) in [7, 11) is 0. The first-order valence-corrected chi connectivity index (χ1v) is 9.23. The molecule has 2 aromatic heterocycles. The summed E-state index contributed by atoms with van der Waals surface area (Å²) >= 11 is 6.03. The number of imidazole rings is 1. The molecule has 1 aliphatic rings. The number of carbonyl (C=O) groups excluding carboxylic acids is 1. The van der Waals surface area contributed by atoms with Crippen molar-refractivity contribution in [1.29, 1.82) is 0 Å². The van der Waals surface area contributed by atoms with Gasteiger partial charge >= 0.3 is 0 Å². The van der Waals surface area contributed by atoms with Crippen molar-refractivity contribution in [3.05, 3.63) is 65.2 Å². The van der Waals surface area contributed by atoms with E-state index in [1.54, 1.807) is 17.4 Å². The van der Waals surface area contributed by atoms with Crippen LogP contribution in [-0.2, 0) is 0 Å². The van der Waals surface area contributed by atoms with Crippen LogP contribution in [0, 0.1) is 12.7 Å². The summed E-state index contributed by atoms with van der Waals surface area (Å²) < 4.78 is 15.9. The summed E-state index contributed by atoms with van der Waals surface area (Å²) in [5.41, 5.74) is -0.0714. The van der Waals surface area contributed by atoms with Gasteiger partial charge in [-0.05, 0) is 19.1 Å². The fourth-order valence-electron chi connectivity index (χ4n) is 3.22. The van der Waals surface area contributed by atoms with Crippen molar-refractivity contribution in [3.8, 4) is 5.82 Å². The van der Waals surface area contributed by atoms with Gasteiger partial charge in [-0.15, -0.1) is 0 Å². The monoisotopic (exact) mass is 400 g/mol. The minimum absolute atomic E-state index is 0.0714. The highest BCUT2D eigenvalue weighted by molar-refractivity contribution is 6.33. The van der Waals surface area contributed by atoms with Gasteiger partial charge in [-0.25, -0.2) is 19.3 Å². The van der Waals surface area contributed by atoms with E-state index in [4.69, 9.17) is 11.6 Å². The zero-order valence-corrected chi connectivity index (χ0v) is 16.0. The highest BCUT2D eigenvalue weighted by Gasteiger charge is 2.26. The molecule has 1 fully saturated rings. The molecule has 4 rings (SSSR count). The molecule has 28 heavy (non-hydrogen) atoms. The van der Waals surface area contributed by atoms with E-state index in [9.17, 15) is 9.18 Å². The van der Waals surface area contributed by atoms with Crippen molar-refractivity contribution < 1.29 is 9.18 Å². The number of nitrogens with zero attached hydrogens (tertiary/aromatic N) is 6. The predicted molar refractivity (Wildman–Crippen MR) is 103 cm³/mol. The SMILES string of the molecule is Cc1nc(N2CCN(C(=O)c3c(F)cccc3Cl)CC2)cc(-n2ccnc2)n1. The molecule has 1 amide bonds. The van der Waals surface area contributed by atoms with Crippen molar-refractivity contribution in [2.45, 2.75) is 6.92 Å². The molecule has 3 aromatic rings. The third kappa shape index (κ3) is 3.55. The van der Waals surface area contributed by atoms with Crippen LogP contribution < -0.4 is 4.90 Å². The Morgan fingerprint density at radius 2 is 1.89 bits per heavy atom. The standard InChI is InChI=1S/C19H18ClFN6O/c1-13-23-16(11-17(24-13)27-6-5-22-12-27)25-7-9-26(10-8-25)19(28)18-14(20)3-2-4-15(18)21/h2-6,11-12H,7-10H2,1H3. The van der Waals surface area contributed by atoms with Crippen molar-refractivity contribution in [3.63, 3.8) is 0 Å². The highest BCUT2D eigenvalue weighted by atomic mass is 35.5. The average Bonchev–Trinajstić information content (AvgIpc) is 3.22. The van der Waals surface area contributed by atoms with E-state index in [-0.39, 0.29) is 16.5 Å². The zero-order chi connectivity index (χ0) is 19.7. The molecule has 1 aromatic carbocycles. The Labute approximate surface area is 166 Å². The molecule has 144 valence electrons. The molecule has 0 spiro atoms. The number of anilines is 1. The number of aromatic nitrogens is 4. The van der Waals surface area contributed by atoms with E-state index < -0.39 is 5.82 Å². The molecule has 3 heterocycles. The third-order valence-corrected chi connectivity index (χ3v) is 4.96. The van der Waals surface area contributed by atoms with E-state index in [0.717, 1.165) is 11.6 Å². The number of carbonyl (C=O) groups is 1. The molecule has 0 aliphatic carbocycles. The molecule has 0 saturated carbocycles. The van der Waals surface area contributed by atoms with Gasteiger partial charge < -0.3 is 9.80 Å². The summed E-state index contributed by atoms with van der Waals surface area (Å²) in [4.78, 5) is 29.4. The van der Waals surface area contributed by atoms with Crippen molar-refractivity contribution in [1.82, 2.24) is 24.4 Å². The highest BCUT2D eigenvalue weighted by Crippen LogP contribution is 2.23. The number of amides is 1. The Bertz CT molecular complexity index is 981. The maximum atomic E-state index is 14.1. The van der Waals surface area contributed by atoms with Gasteiger partial charge in [-0.2, -0.15) is 0 Å². The Hall–Kier alpha value is -3.00. The second-order valence-corrected chi connectivity index (χ2v) is 6.88. The summed E-state index contributed by atoms with van der Waals surface area (Å²) in [5.74, 6) is 1.18. The van der Waals surface area contributed by atoms with Crippen LogP contribution in [0.15, 0.2) is 43.0 Å². The van der Waals surface area contributed by atoms with E-state index >= 15 is 0 Å². The number of halogens is 2. The molecule has 0 atom stereocenters. The fraction of sp³-hybridized carbons (Fsp3) is 0.263. The van der Waals surface area contributed by atoms with Gasteiger partial charge in [0.1, 0.15) is 29.6 Å². The number of aryl methyl sites for hydroxylation is 1. The van der Waals surface area contributed by atoms with Crippen molar-refractivity contribution in [2.24, 2.45) is 0 Å². The van der Waals surface area contributed by atoms with Crippen molar-refractivity contribution in [2.75, 3.05) is 31.1 Å². The molecule has 9 heteroatoms. The van der Waals surface area contributed by atoms with Crippen LogP contribution in [0.2, 0.25) is 5.02 Å². The van der Waals surface area contributed by atoms with Crippen LogP contribution in [0.1, 0.15) is 16.2 Å². The first-order chi connectivity index (χ1) is 13.5. The van der Waals surface area contributed by atoms with E-state index in [0.29, 0.717) is 32.0 Å². The number of hydrogen-bond donors (Lipinski definition) is 0. The van der Waals surface area contributed by atoms with Gasteiger partial charge in [-0.1, -0.05) is 17.7 Å². The van der Waals surface area contributed by atoms with Gasteiger partial charge in [0.05, 0.1) is 10.6 Å². The second-order valence-electron chi connectivity index (χ2n) is 6.48. The molecule has 0 N–H and O–H groups in total.